The number of hydrogen-bond acceptors (Lipinski definition) is 21. The number of aliphatic hydroxyl groups is 4. The van der Waals surface area contributed by atoms with E-state index in [2.05, 4.69) is 26.0 Å². The number of fused-ring (bicyclic) bond motifs is 2. The zero-order chi connectivity index (χ0) is 49.4. The average Bonchev–Trinajstić information content (AvgIpc) is 3.66. The van der Waals surface area contributed by atoms with E-state index in [1.807, 2.05) is 59.9 Å². The Balaban J connectivity index is 1.05. The van der Waals surface area contributed by atoms with Gasteiger partial charge in [0.15, 0.2) is 11.8 Å². The summed E-state index contributed by atoms with van der Waals surface area (Å²) in [5, 5.41) is 59.6. The number of sulfonamides is 1. The van der Waals surface area contributed by atoms with Crippen LogP contribution in [0.2, 0.25) is 0 Å². The number of nitrogens with zero attached hydrogens (tertiary/aromatic N) is 8. The Morgan fingerprint density at radius 2 is 1.51 bits per heavy atom. The number of pyridine rings is 2. The lowest BCUT2D eigenvalue weighted by Gasteiger charge is -2.34. The first-order valence-corrected chi connectivity index (χ1v) is 27.3. The monoisotopic (exact) mass is 1020 g/mol. The fraction of sp³-hybridized carbons (Fsp3) is 0.574. The molecule has 0 bridgehead atoms. The third-order valence-electron chi connectivity index (χ3n) is 13.8. The van der Waals surface area contributed by atoms with E-state index in [0.717, 1.165) is 48.0 Å². The molecule has 70 heavy (non-hydrogen) atoms. The molecule has 0 aliphatic heterocycles. The van der Waals surface area contributed by atoms with Crippen LogP contribution in [0.15, 0.2) is 18.3 Å². The predicted octanol–water partition coefficient (Wildman–Crippen LogP) is 5.61. The van der Waals surface area contributed by atoms with Gasteiger partial charge < -0.3 is 46.4 Å². The van der Waals surface area contributed by atoms with Crippen molar-refractivity contribution in [3.63, 3.8) is 0 Å². The fourth-order valence-electron chi connectivity index (χ4n) is 9.79. The summed E-state index contributed by atoms with van der Waals surface area (Å²) in [6.07, 6.45) is 4.21. The lowest BCUT2D eigenvalue weighted by Crippen LogP contribution is -2.52. The van der Waals surface area contributed by atoms with Crippen molar-refractivity contribution >= 4 is 76.7 Å². The molecule has 0 saturated heterocycles. The zero-order valence-electron chi connectivity index (χ0n) is 40.2. The van der Waals surface area contributed by atoms with Gasteiger partial charge in [0.05, 0.1) is 55.5 Å². The summed E-state index contributed by atoms with van der Waals surface area (Å²) in [6.45, 7) is 11.2. The number of thiazole rings is 2. The van der Waals surface area contributed by atoms with Crippen molar-refractivity contribution < 1.29 is 33.6 Å². The molecule has 0 radical (unpaired) electrons. The molecule has 6 heterocycles. The Bertz CT molecular complexity index is 3070. The number of hydrogen-bond donors (Lipinski definition) is 9. The number of aryl methyl sites for hydroxylation is 3. The molecule has 4 saturated carbocycles. The van der Waals surface area contributed by atoms with Crippen LogP contribution in [0.4, 0.5) is 23.5 Å². The minimum Gasteiger partial charge on any atom is -0.467 e. The van der Waals surface area contributed by atoms with Crippen LogP contribution in [-0.4, -0.2) is 130 Å². The normalized spacial score (nSPS) is 25.1. The van der Waals surface area contributed by atoms with Gasteiger partial charge in [-0.2, -0.15) is 9.97 Å². The van der Waals surface area contributed by atoms with Gasteiger partial charge in [0, 0.05) is 47.8 Å². The summed E-state index contributed by atoms with van der Waals surface area (Å²) < 4.78 is 37.7. The van der Waals surface area contributed by atoms with Crippen LogP contribution in [-0.2, 0) is 10.0 Å². The summed E-state index contributed by atoms with van der Waals surface area (Å²) in [7, 11) is -2.44. The van der Waals surface area contributed by atoms with Crippen LogP contribution in [0.3, 0.4) is 0 Å². The average molecular weight is 1020 g/mol. The van der Waals surface area contributed by atoms with Gasteiger partial charge >= 0.3 is 0 Å². The van der Waals surface area contributed by atoms with Crippen LogP contribution in [0.5, 0.6) is 5.88 Å². The van der Waals surface area contributed by atoms with Crippen LogP contribution in [0.1, 0.15) is 101 Å². The Hall–Kier alpha value is -5.01. The second-order valence-corrected chi connectivity index (χ2v) is 24.4. The molecule has 7 unspecified atom stereocenters. The summed E-state index contributed by atoms with van der Waals surface area (Å²) in [6, 6.07) is 3.41. The first kappa shape index (κ1) is 48.6. The number of nitrogens with one attached hydrogen (secondary N) is 5. The molecule has 20 nitrogen and oxygen atoms in total. The van der Waals surface area contributed by atoms with Gasteiger partial charge in [-0.3, -0.25) is 4.98 Å². The molecule has 4 fully saturated rings. The van der Waals surface area contributed by atoms with Gasteiger partial charge in [0.25, 0.3) is 0 Å². The van der Waals surface area contributed by atoms with Gasteiger partial charge in [0.2, 0.25) is 27.8 Å². The van der Waals surface area contributed by atoms with E-state index in [-0.39, 0.29) is 37.1 Å². The molecule has 6 aromatic rings. The van der Waals surface area contributed by atoms with Crippen LogP contribution < -0.4 is 30.7 Å². The molecular weight excluding hydrogens is 955 g/mol. The number of rotatable bonds is 16. The van der Waals surface area contributed by atoms with Crippen LogP contribution in [0.25, 0.3) is 41.6 Å². The molecule has 4 aliphatic rings. The van der Waals surface area contributed by atoms with Crippen molar-refractivity contribution in [3.8, 4) is 27.0 Å². The second kappa shape index (κ2) is 18.6. The highest BCUT2D eigenvalue weighted by Gasteiger charge is 2.52. The van der Waals surface area contributed by atoms with E-state index in [9.17, 15) is 28.8 Å². The first-order valence-electron chi connectivity index (χ1n) is 24.0. The largest absolute Gasteiger partial charge is 0.467 e. The molecule has 6 aromatic heterocycles. The summed E-state index contributed by atoms with van der Waals surface area (Å²) in [5.41, 5.74) is 2.88. The smallest absolute Gasteiger partial charge is 0.242 e. The van der Waals surface area contributed by atoms with Gasteiger partial charge in [-0.15, -0.1) is 22.7 Å². The van der Waals surface area contributed by atoms with Crippen molar-refractivity contribution in [2.24, 2.45) is 11.8 Å². The topological polar surface area (TPSA) is 288 Å². The van der Waals surface area contributed by atoms with E-state index >= 15 is 0 Å². The zero-order valence-corrected chi connectivity index (χ0v) is 42.7. The van der Waals surface area contributed by atoms with Crippen molar-refractivity contribution in [1.82, 2.24) is 44.6 Å². The molecule has 0 amide bonds. The minimum absolute atomic E-state index is 0.0911. The quantitative estimate of drug-likeness (QED) is 0.0533. The highest BCUT2D eigenvalue weighted by Crippen LogP contribution is 2.47. The van der Waals surface area contributed by atoms with Crippen molar-refractivity contribution in [3.05, 3.63) is 41.1 Å². The highest BCUT2D eigenvalue weighted by molar-refractivity contribution is 7.89. The van der Waals surface area contributed by atoms with Gasteiger partial charge in [-0.25, -0.2) is 38.1 Å². The maximum Gasteiger partial charge on any atom is 0.242 e. The molecule has 7 atom stereocenters. The third kappa shape index (κ3) is 9.70. The van der Waals surface area contributed by atoms with E-state index < -0.39 is 57.5 Å². The molecule has 10 rings (SSSR count). The van der Waals surface area contributed by atoms with Crippen molar-refractivity contribution in [1.29, 1.82) is 0 Å². The maximum atomic E-state index is 13.3. The lowest BCUT2D eigenvalue weighted by atomic mass is 9.93. The summed E-state index contributed by atoms with van der Waals surface area (Å²) in [4.78, 5) is 39.4. The summed E-state index contributed by atoms with van der Waals surface area (Å²) >= 11 is 2.85. The SMILES string of the molecule is CNS(=O)(=O)CC1CCC(O)(Nc2nc(NC3CCC3)nc(C)c2-c2nc3c(C4CC4)nccc3s2)C1Oc1nc(C)cc2sc(-c3c(C)nc(NC(C)(C)C)nc3NC3CC(CO)C(O)C3O)nc12. The van der Waals surface area contributed by atoms with Crippen LogP contribution >= 0.6 is 22.7 Å². The molecule has 9 N–H and O–H groups in total. The Labute approximate surface area is 414 Å². The van der Waals surface area contributed by atoms with Gasteiger partial charge in [-0.05, 0) is 112 Å². The number of ether oxygens (including phenoxy) is 1. The standard InChI is InChI=1S/C47H61N13O7S3/c1-21-17-30-35(56-42(69-30)31-22(2)52-45(60-46(4,5)6)57-39(31)54-28-18-26(19-61)36(62)37(28)63)41(50-21)67-38-25(20-70(65,66)48-7)13-15-47(38,64)59-40-32(23(3)51-44(58-40)53-27-9-8-10-27)43-55-34-29(68-43)14-16-49-33(34)24-11-12-24/h14,16-17,24-28,36-38,48,61-64H,8-13,15,18-20H2,1-7H3,(H2,51,53,58,59)(H2,52,54,57,60). The number of aliphatic hydroxyl groups excluding tert-OH is 3. The maximum absolute atomic E-state index is 13.3. The predicted molar refractivity (Wildman–Crippen MR) is 271 cm³/mol. The highest BCUT2D eigenvalue weighted by atomic mass is 32.2. The molecule has 23 heteroatoms. The van der Waals surface area contributed by atoms with Crippen molar-refractivity contribution in [2.75, 3.05) is 40.7 Å². The van der Waals surface area contributed by atoms with E-state index in [1.54, 1.807) is 0 Å². The lowest BCUT2D eigenvalue weighted by molar-refractivity contribution is -0.0313. The first-order chi connectivity index (χ1) is 33.3. The third-order valence-corrected chi connectivity index (χ3v) is 17.3. The number of aromatic nitrogens is 8. The summed E-state index contributed by atoms with van der Waals surface area (Å²) in [5.74, 6) is 0.313. The number of anilines is 4. The second-order valence-electron chi connectivity index (χ2n) is 20.4. The Morgan fingerprint density at radius 3 is 2.17 bits per heavy atom. The molecule has 0 spiro atoms. The van der Waals surface area contributed by atoms with E-state index in [4.69, 9.17) is 44.6 Å². The Morgan fingerprint density at radius 1 is 0.829 bits per heavy atom. The van der Waals surface area contributed by atoms with Gasteiger partial charge in [0.1, 0.15) is 38.8 Å². The van der Waals surface area contributed by atoms with E-state index in [1.165, 1.54) is 29.7 Å². The molecule has 4 aliphatic carbocycles. The molecule has 374 valence electrons. The van der Waals surface area contributed by atoms with Crippen molar-refractivity contribution in [2.45, 2.75) is 140 Å². The fourth-order valence-corrected chi connectivity index (χ4v) is 13.1. The van der Waals surface area contributed by atoms with Gasteiger partial charge in [-0.1, -0.05) is 0 Å². The Kier molecular flexibility index (Phi) is 12.9. The van der Waals surface area contributed by atoms with E-state index in [0.29, 0.717) is 84.3 Å². The molecular formula is C47H61N13O7S3. The minimum atomic E-state index is -3.80. The van der Waals surface area contributed by atoms with Crippen LogP contribution in [0, 0.1) is 32.6 Å². The molecule has 0 aromatic carbocycles.